The predicted molar refractivity (Wildman–Crippen MR) is 82.9 cm³/mol. The quantitative estimate of drug-likeness (QED) is 0.718. The number of benzene rings is 1. The van der Waals surface area contributed by atoms with Crippen LogP contribution in [0.4, 0.5) is 11.5 Å². The molecule has 20 heavy (non-hydrogen) atoms. The zero-order valence-corrected chi connectivity index (χ0v) is 11.3. The Balaban J connectivity index is 2.08. The fourth-order valence-corrected chi connectivity index (χ4v) is 2.15. The Hall–Kier alpha value is -2.60. The molecule has 3 rings (SSSR count). The van der Waals surface area contributed by atoms with Crippen LogP contribution in [0.1, 0.15) is 5.56 Å². The highest BCUT2D eigenvalue weighted by atomic mass is 32.1. The molecule has 0 bridgehead atoms. The minimum Gasteiger partial charge on any atom is -0.389 e. The van der Waals surface area contributed by atoms with Crippen molar-refractivity contribution in [2.24, 2.45) is 5.73 Å². The van der Waals surface area contributed by atoms with Gasteiger partial charge in [0.05, 0.1) is 11.8 Å². The lowest BCUT2D eigenvalue weighted by molar-refractivity contribution is 1.03. The summed E-state index contributed by atoms with van der Waals surface area (Å²) < 4.78 is 0. The lowest BCUT2D eigenvalue weighted by Crippen LogP contribution is -2.13. The average molecular weight is 281 g/mol. The maximum atomic E-state index is 5.69. The fourth-order valence-electron chi connectivity index (χ4n) is 1.98. The van der Waals surface area contributed by atoms with Crippen LogP contribution < -0.4 is 11.1 Å². The van der Waals surface area contributed by atoms with Crippen LogP contribution in [-0.2, 0) is 0 Å². The molecule has 2 aromatic heterocycles. The SMILES string of the molecule is NC(=S)c1ccnnc1Nc1cccc2cnccc12. The van der Waals surface area contributed by atoms with E-state index in [1.54, 1.807) is 18.5 Å². The molecular weight excluding hydrogens is 270 g/mol. The third-order valence-electron chi connectivity index (χ3n) is 2.92. The van der Waals surface area contributed by atoms with Crippen molar-refractivity contribution < 1.29 is 0 Å². The predicted octanol–water partition coefficient (Wildman–Crippen LogP) is 2.40. The van der Waals surface area contributed by atoms with Crippen LogP contribution in [0.3, 0.4) is 0 Å². The second-order valence-corrected chi connectivity index (χ2v) is 4.62. The molecule has 6 heteroatoms. The van der Waals surface area contributed by atoms with Crippen LogP contribution >= 0.6 is 12.2 Å². The summed E-state index contributed by atoms with van der Waals surface area (Å²) in [5.74, 6) is 0.546. The Labute approximate surface area is 120 Å². The van der Waals surface area contributed by atoms with E-state index in [9.17, 15) is 0 Å². The highest BCUT2D eigenvalue weighted by molar-refractivity contribution is 7.80. The van der Waals surface area contributed by atoms with Gasteiger partial charge in [0, 0.05) is 28.9 Å². The maximum absolute atomic E-state index is 5.69. The number of pyridine rings is 1. The van der Waals surface area contributed by atoms with Crippen LogP contribution in [0, 0.1) is 0 Å². The number of nitrogens with one attached hydrogen (secondary N) is 1. The molecule has 5 nitrogen and oxygen atoms in total. The van der Waals surface area contributed by atoms with Gasteiger partial charge in [0.1, 0.15) is 4.99 Å². The summed E-state index contributed by atoms with van der Waals surface area (Å²) in [6.45, 7) is 0. The van der Waals surface area contributed by atoms with Crippen LogP contribution in [0.5, 0.6) is 0 Å². The standard InChI is InChI=1S/C14H11N5S/c15-13(20)11-5-7-17-19-14(11)18-12-3-1-2-9-8-16-6-4-10(9)12/h1-8H,(H2,15,20)(H,18,19). The number of nitrogens with zero attached hydrogens (tertiary/aromatic N) is 3. The number of nitrogens with two attached hydrogens (primary N) is 1. The van der Waals surface area contributed by atoms with E-state index in [0.29, 0.717) is 11.4 Å². The third kappa shape index (κ3) is 2.28. The topological polar surface area (TPSA) is 76.7 Å². The Bertz CT molecular complexity index is 782. The molecule has 0 saturated heterocycles. The minimum atomic E-state index is 0.282. The molecule has 2 heterocycles. The number of aromatic nitrogens is 3. The fraction of sp³-hybridized carbons (Fsp3) is 0. The van der Waals surface area contributed by atoms with E-state index in [2.05, 4.69) is 20.5 Å². The zero-order valence-electron chi connectivity index (χ0n) is 10.4. The van der Waals surface area contributed by atoms with Gasteiger partial charge < -0.3 is 11.1 Å². The molecule has 0 radical (unpaired) electrons. The first-order valence-corrected chi connectivity index (χ1v) is 6.38. The summed E-state index contributed by atoms with van der Waals surface area (Å²) in [7, 11) is 0. The molecule has 0 fully saturated rings. The van der Waals surface area contributed by atoms with Gasteiger partial charge in [-0.05, 0) is 18.2 Å². The summed E-state index contributed by atoms with van der Waals surface area (Å²) >= 11 is 5.02. The van der Waals surface area contributed by atoms with Gasteiger partial charge >= 0.3 is 0 Å². The molecule has 0 aliphatic heterocycles. The molecule has 0 aliphatic rings. The summed E-state index contributed by atoms with van der Waals surface area (Å²) in [5, 5.41) is 13.2. The molecule has 0 amide bonds. The van der Waals surface area contributed by atoms with E-state index < -0.39 is 0 Å². The molecular formula is C14H11N5S. The van der Waals surface area contributed by atoms with Crippen molar-refractivity contribution in [1.82, 2.24) is 15.2 Å². The Kier molecular flexibility index (Phi) is 3.22. The van der Waals surface area contributed by atoms with E-state index >= 15 is 0 Å². The van der Waals surface area contributed by atoms with Crippen molar-refractivity contribution in [3.05, 3.63) is 54.5 Å². The lowest BCUT2D eigenvalue weighted by Gasteiger charge is -2.11. The molecule has 0 saturated carbocycles. The molecule has 0 atom stereocenters. The van der Waals surface area contributed by atoms with E-state index in [1.165, 1.54) is 0 Å². The summed E-state index contributed by atoms with van der Waals surface area (Å²) in [6, 6.07) is 9.58. The van der Waals surface area contributed by atoms with Crippen LogP contribution in [-0.4, -0.2) is 20.2 Å². The highest BCUT2D eigenvalue weighted by Gasteiger charge is 2.08. The van der Waals surface area contributed by atoms with Gasteiger partial charge in [0.15, 0.2) is 5.82 Å². The van der Waals surface area contributed by atoms with E-state index in [1.807, 2.05) is 30.5 Å². The second kappa shape index (κ2) is 5.18. The van der Waals surface area contributed by atoms with Gasteiger partial charge in [-0.25, -0.2) is 0 Å². The van der Waals surface area contributed by atoms with Crippen LogP contribution in [0.25, 0.3) is 10.8 Å². The minimum absolute atomic E-state index is 0.282. The van der Waals surface area contributed by atoms with Gasteiger partial charge in [-0.1, -0.05) is 24.4 Å². The van der Waals surface area contributed by atoms with Gasteiger partial charge in [0.25, 0.3) is 0 Å². The first-order valence-electron chi connectivity index (χ1n) is 5.97. The molecule has 3 aromatic rings. The smallest absolute Gasteiger partial charge is 0.163 e. The number of hydrogen-bond donors (Lipinski definition) is 2. The first kappa shape index (κ1) is 12.4. The van der Waals surface area contributed by atoms with E-state index in [-0.39, 0.29) is 4.99 Å². The lowest BCUT2D eigenvalue weighted by atomic mass is 10.1. The van der Waals surface area contributed by atoms with E-state index in [4.69, 9.17) is 18.0 Å². The molecule has 3 N–H and O–H groups in total. The third-order valence-corrected chi connectivity index (χ3v) is 3.14. The maximum Gasteiger partial charge on any atom is 0.163 e. The summed E-state index contributed by atoms with van der Waals surface area (Å²) in [5.41, 5.74) is 7.27. The second-order valence-electron chi connectivity index (χ2n) is 4.19. The Morgan fingerprint density at radius 2 is 2.05 bits per heavy atom. The molecule has 98 valence electrons. The van der Waals surface area contributed by atoms with Crippen molar-refractivity contribution in [3.63, 3.8) is 0 Å². The van der Waals surface area contributed by atoms with Crippen LogP contribution in [0.15, 0.2) is 48.9 Å². The summed E-state index contributed by atoms with van der Waals surface area (Å²) in [6.07, 6.45) is 5.12. The normalized spacial score (nSPS) is 10.4. The number of anilines is 2. The average Bonchev–Trinajstić information content (AvgIpc) is 2.48. The van der Waals surface area contributed by atoms with Crippen molar-refractivity contribution in [1.29, 1.82) is 0 Å². The van der Waals surface area contributed by atoms with Crippen molar-refractivity contribution >= 4 is 39.5 Å². The number of thiocarbonyl (C=S) groups is 1. The molecule has 1 aromatic carbocycles. The number of fused-ring (bicyclic) bond motifs is 1. The van der Waals surface area contributed by atoms with Crippen molar-refractivity contribution in [3.8, 4) is 0 Å². The highest BCUT2D eigenvalue weighted by Crippen LogP contribution is 2.25. The van der Waals surface area contributed by atoms with Gasteiger partial charge in [-0.3, -0.25) is 4.98 Å². The largest absolute Gasteiger partial charge is 0.389 e. The van der Waals surface area contributed by atoms with Gasteiger partial charge in [0.2, 0.25) is 0 Å². The zero-order chi connectivity index (χ0) is 13.9. The van der Waals surface area contributed by atoms with Crippen LogP contribution in [0.2, 0.25) is 0 Å². The van der Waals surface area contributed by atoms with Gasteiger partial charge in [-0.2, -0.15) is 5.10 Å². The first-order chi connectivity index (χ1) is 9.75. The molecule has 0 spiro atoms. The van der Waals surface area contributed by atoms with Crippen molar-refractivity contribution in [2.45, 2.75) is 0 Å². The summed E-state index contributed by atoms with van der Waals surface area (Å²) in [4.78, 5) is 4.39. The Morgan fingerprint density at radius 1 is 1.15 bits per heavy atom. The number of rotatable bonds is 3. The van der Waals surface area contributed by atoms with Gasteiger partial charge in [-0.15, -0.1) is 5.10 Å². The van der Waals surface area contributed by atoms with Crippen molar-refractivity contribution in [2.75, 3.05) is 5.32 Å². The molecule has 0 unspecified atom stereocenters. The Morgan fingerprint density at radius 3 is 2.90 bits per heavy atom. The molecule has 0 aliphatic carbocycles. The number of hydrogen-bond acceptors (Lipinski definition) is 5. The monoisotopic (exact) mass is 281 g/mol. The van der Waals surface area contributed by atoms with E-state index in [0.717, 1.165) is 16.5 Å².